The van der Waals surface area contributed by atoms with Gasteiger partial charge in [0.15, 0.2) is 5.11 Å². The van der Waals surface area contributed by atoms with E-state index < -0.39 is 0 Å². The minimum absolute atomic E-state index is 0.243. The highest BCUT2D eigenvalue weighted by molar-refractivity contribution is 7.80. The molecule has 3 nitrogen and oxygen atoms in total. The van der Waals surface area contributed by atoms with Gasteiger partial charge in [-0.25, -0.2) is 0 Å². The van der Waals surface area contributed by atoms with Gasteiger partial charge in [-0.15, -0.1) is 11.3 Å². The first-order chi connectivity index (χ1) is 10.1. The Morgan fingerprint density at radius 3 is 2.52 bits per heavy atom. The number of anilines is 1. The molecule has 0 spiro atoms. The van der Waals surface area contributed by atoms with Crippen molar-refractivity contribution < 1.29 is 4.79 Å². The van der Waals surface area contributed by atoms with Crippen molar-refractivity contribution in [2.45, 2.75) is 13.8 Å². The van der Waals surface area contributed by atoms with Crippen molar-refractivity contribution in [2.75, 3.05) is 5.32 Å². The average molecular weight is 316 g/mol. The minimum Gasteiger partial charge on any atom is -0.332 e. The van der Waals surface area contributed by atoms with Crippen molar-refractivity contribution in [3.05, 3.63) is 57.8 Å². The molecule has 0 aliphatic carbocycles. The van der Waals surface area contributed by atoms with E-state index in [2.05, 4.69) is 10.6 Å². The normalized spacial score (nSPS) is 10.6. The number of hydrogen-bond acceptors (Lipinski definition) is 3. The molecular formula is C16H16N2OS2. The molecule has 0 bridgehead atoms. The largest absolute Gasteiger partial charge is 0.332 e. The highest BCUT2D eigenvalue weighted by Gasteiger charge is 2.06. The third-order valence-corrected chi connectivity index (χ3v) is 3.94. The Bertz CT molecular complexity index is 655. The summed E-state index contributed by atoms with van der Waals surface area (Å²) in [4.78, 5) is 12.8. The molecular weight excluding hydrogens is 300 g/mol. The highest BCUT2D eigenvalue weighted by atomic mass is 32.1. The van der Waals surface area contributed by atoms with E-state index in [4.69, 9.17) is 12.2 Å². The Morgan fingerprint density at radius 1 is 1.19 bits per heavy atom. The van der Waals surface area contributed by atoms with E-state index in [1.165, 1.54) is 6.08 Å². The quantitative estimate of drug-likeness (QED) is 0.667. The van der Waals surface area contributed by atoms with Gasteiger partial charge in [-0.1, -0.05) is 24.3 Å². The molecule has 0 fully saturated rings. The molecule has 5 heteroatoms. The van der Waals surface area contributed by atoms with Gasteiger partial charge >= 0.3 is 0 Å². The summed E-state index contributed by atoms with van der Waals surface area (Å²) in [5.41, 5.74) is 3.10. The monoisotopic (exact) mass is 316 g/mol. The number of rotatable bonds is 3. The van der Waals surface area contributed by atoms with Crippen molar-refractivity contribution in [3.8, 4) is 0 Å². The lowest BCUT2D eigenvalue weighted by molar-refractivity contribution is -0.115. The lowest BCUT2D eigenvalue weighted by Crippen LogP contribution is -2.33. The third-order valence-electron chi connectivity index (χ3n) is 2.90. The molecule has 0 aliphatic rings. The fourth-order valence-electron chi connectivity index (χ4n) is 1.85. The van der Waals surface area contributed by atoms with Crippen molar-refractivity contribution in [1.82, 2.24) is 5.32 Å². The van der Waals surface area contributed by atoms with E-state index in [1.54, 1.807) is 17.4 Å². The second kappa shape index (κ2) is 7.15. The summed E-state index contributed by atoms with van der Waals surface area (Å²) in [5.74, 6) is -0.243. The second-order valence-corrected chi connectivity index (χ2v) is 5.95. The zero-order valence-corrected chi connectivity index (χ0v) is 13.5. The lowest BCUT2D eigenvalue weighted by atomic mass is 10.1. The molecule has 108 valence electrons. The number of thiocarbonyl (C=S) groups is 1. The molecule has 1 aromatic heterocycles. The molecule has 0 saturated heterocycles. The van der Waals surface area contributed by atoms with E-state index >= 15 is 0 Å². The predicted molar refractivity (Wildman–Crippen MR) is 93.6 cm³/mol. The fraction of sp³-hybridized carbons (Fsp3) is 0.125. The summed E-state index contributed by atoms with van der Waals surface area (Å²) in [7, 11) is 0. The zero-order chi connectivity index (χ0) is 15.2. The third kappa shape index (κ3) is 4.51. The van der Waals surface area contributed by atoms with E-state index in [9.17, 15) is 4.79 Å². The van der Waals surface area contributed by atoms with Gasteiger partial charge < -0.3 is 5.32 Å². The fourth-order valence-corrected chi connectivity index (χ4v) is 2.67. The highest BCUT2D eigenvalue weighted by Crippen LogP contribution is 2.19. The van der Waals surface area contributed by atoms with Gasteiger partial charge in [0, 0.05) is 16.6 Å². The molecule has 21 heavy (non-hydrogen) atoms. The summed E-state index contributed by atoms with van der Waals surface area (Å²) in [6, 6.07) is 9.87. The first-order valence-corrected chi connectivity index (χ1v) is 7.75. The minimum atomic E-state index is -0.243. The topological polar surface area (TPSA) is 41.1 Å². The van der Waals surface area contributed by atoms with Crippen molar-refractivity contribution in [1.29, 1.82) is 0 Å². The van der Waals surface area contributed by atoms with Gasteiger partial charge in [-0.3, -0.25) is 10.1 Å². The standard InChI is InChI=1S/C16H16N2OS2/c1-11-5-3-6-12(2)15(11)18-16(20)17-14(19)9-8-13-7-4-10-21-13/h3-10H,1-2H3,(H2,17,18,19,20)/b9-8+. The van der Waals surface area contributed by atoms with Crippen LogP contribution < -0.4 is 10.6 Å². The molecule has 1 heterocycles. The number of benzene rings is 1. The molecule has 2 aromatic rings. The van der Waals surface area contributed by atoms with Gasteiger partial charge in [0.25, 0.3) is 0 Å². The SMILES string of the molecule is Cc1cccc(C)c1NC(=S)NC(=O)/C=C/c1cccs1. The van der Waals surface area contributed by atoms with Crippen molar-refractivity contribution in [3.63, 3.8) is 0 Å². The maximum Gasteiger partial charge on any atom is 0.250 e. The van der Waals surface area contributed by atoms with Gasteiger partial charge in [-0.05, 0) is 54.7 Å². The number of carbonyl (C=O) groups excluding carboxylic acids is 1. The van der Waals surface area contributed by atoms with E-state index in [0.29, 0.717) is 5.11 Å². The van der Waals surface area contributed by atoms with Gasteiger partial charge in [-0.2, -0.15) is 0 Å². The number of para-hydroxylation sites is 1. The molecule has 0 radical (unpaired) electrons. The van der Waals surface area contributed by atoms with Crippen LogP contribution in [0.15, 0.2) is 41.8 Å². The molecule has 1 amide bonds. The number of nitrogens with one attached hydrogen (secondary N) is 2. The van der Waals surface area contributed by atoms with Gasteiger partial charge in [0.05, 0.1) is 0 Å². The van der Waals surface area contributed by atoms with Gasteiger partial charge in [0.1, 0.15) is 0 Å². The number of thiophene rings is 1. The Kier molecular flexibility index (Phi) is 5.25. The lowest BCUT2D eigenvalue weighted by Gasteiger charge is -2.13. The van der Waals surface area contributed by atoms with Crippen molar-refractivity contribution in [2.24, 2.45) is 0 Å². The first-order valence-electron chi connectivity index (χ1n) is 6.46. The summed E-state index contributed by atoms with van der Waals surface area (Å²) in [6.45, 7) is 3.99. The summed E-state index contributed by atoms with van der Waals surface area (Å²) >= 11 is 6.75. The number of aryl methyl sites for hydroxylation is 2. The van der Waals surface area contributed by atoms with Crippen LogP contribution >= 0.6 is 23.6 Å². The number of hydrogen-bond donors (Lipinski definition) is 2. The Balaban J connectivity index is 1.94. The Morgan fingerprint density at radius 2 is 1.90 bits per heavy atom. The second-order valence-electron chi connectivity index (χ2n) is 4.56. The van der Waals surface area contributed by atoms with E-state index in [0.717, 1.165) is 21.7 Å². The van der Waals surface area contributed by atoms with Crippen LogP contribution in [0.4, 0.5) is 5.69 Å². The van der Waals surface area contributed by atoms with Crippen LogP contribution in [0.5, 0.6) is 0 Å². The zero-order valence-electron chi connectivity index (χ0n) is 11.8. The number of amides is 1. The smallest absolute Gasteiger partial charge is 0.250 e. The molecule has 1 aromatic carbocycles. The van der Waals surface area contributed by atoms with Crippen LogP contribution in [-0.2, 0) is 4.79 Å². The van der Waals surface area contributed by atoms with Crippen LogP contribution in [0.1, 0.15) is 16.0 Å². The Labute approximate surface area is 133 Å². The molecule has 2 N–H and O–H groups in total. The van der Waals surface area contributed by atoms with Gasteiger partial charge in [0.2, 0.25) is 5.91 Å². The van der Waals surface area contributed by atoms with Crippen LogP contribution in [0.2, 0.25) is 0 Å². The molecule has 0 atom stereocenters. The maximum atomic E-state index is 11.8. The Hall–Kier alpha value is -1.98. The number of carbonyl (C=O) groups is 1. The van der Waals surface area contributed by atoms with E-state index in [1.807, 2.05) is 49.6 Å². The summed E-state index contributed by atoms with van der Waals surface area (Å²) in [6.07, 6.45) is 3.24. The first kappa shape index (κ1) is 15.4. The van der Waals surface area contributed by atoms with Crippen LogP contribution in [-0.4, -0.2) is 11.0 Å². The average Bonchev–Trinajstić information content (AvgIpc) is 2.94. The molecule has 0 unspecified atom stereocenters. The van der Waals surface area contributed by atoms with Crippen LogP contribution in [0, 0.1) is 13.8 Å². The maximum absolute atomic E-state index is 11.8. The molecule has 0 aliphatic heterocycles. The summed E-state index contributed by atoms with van der Waals surface area (Å²) < 4.78 is 0. The molecule has 0 saturated carbocycles. The van der Waals surface area contributed by atoms with Crippen LogP contribution in [0.25, 0.3) is 6.08 Å². The van der Waals surface area contributed by atoms with Crippen molar-refractivity contribution >= 4 is 46.3 Å². The predicted octanol–water partition coefficient (Wildman–Crippen LogP) is 3.89. The van der Waals surface area contributed by atoms with E-state index in [-0.39, 0.29) is 5.91 Å². The molecule has 2 rings (SSSR count). The van der Waals surface area contributed by atoms with Crippen LogP contribution in [0.3, 0.4) is 0 Å². The summed E-state index contributed by atoms with van der Waals surface area (Å²) in [5, 5.41) is 7.98.